The molecule has 0 aliphatic rings. The Morgan fingerprint density at radius 2 is 0.420 bits per heavy atom. The van der Waals surface area contributed by atoms with Gasteiger partial charge in [-0.3, -0.25) is 0 Å². The molecule has 6 unspecified atom stereocenters. The van der Waals surface area contributed by atoms with Crippen molar-refractivity contribution < 1.29 is 193 Å². The minimum Gasteiger partial charge on any atom is -0.493 e. The number of ether oxygens (including phenoxy) is 18. The lowest BCUT2D eigenvalue weighted by atomic mass is 10.0. The standard InChI is InChI=1S/6C21H28O4/c6*1-16-7-6-10-19(13-16)25-15-18(22)9-5-4-8-17-11-12-20(23-2)21(14-17)24-3/h6*6-7,10-14,18,22H,4-5,8-9,15H2,1-3H3/i2*2D3,3D3,4D2,8D2,9D2,18D;3D3,4D2,8D2,9D2,18D;2D3,4D2,8D2,9D2,18D;4D2,8D2,9D2,18D;15D2,18D. The molecule has 12 aromatic rings. The Balaban J connectivity index is 0.000000328. The Hall–Kier alpha value is -13.2. The van der Waals surface area contributed by atoms with Crippen LogP contribution in [-0.2, 0) is 38.3 Å². The largest absolute Gasteiger partial charge is 0.493 e. The number of hydrogen-bond donors (Lipinski definition) is 6. The normalized spacial score (nSPS) is 20.7. The van der Waals surface area contributed by atoms with Crippen molar-refractivity contribution in [3.8, 4) is 103 Å². The highest BCUT2D eigenvalue weighted by molar-refractivity contribution is 5.48. The fourth-order valence-corrected chi connectivity index (χ4v) is 12.6. The minimum atomic E-state index is -3.09. The fraction of sp³-hybridized carbons (Fsp3) is 0.429. The van der Waals surface area contributed by atoms with E-state index in [1.54, 1.807) is 163 Å². The molecule has 150 heavy (non-hydrogen) atoms. The predicted molar refractivity (Wildman–Crippen MR) is 599 cm³/mol. The van der Waals surface area contributed by atoms with Crippen LogP contribution >= 0.6 is 0 Å². The van der Waals surface area contributed by atoms with Gasteiger partial charge >= 0.3 is 0 Å². The molecule has 24 nitrogen and oxygen atoms in total. The first-order valence-corrected chi connectivity index (χ1v) is 46.2. The molecule has 0 amide bonds. The molecule has 12 aromatic carbocycles. The van der Waals surface area contributed by atoms with Crippen LogP contribution in [0.2, 0.25) is 0 Å². The van der Waals surface area contributed by atoms with Crippen LogP contribution in [0.15, 0.2) is 255 Å². The molecule has 0 heterocycles. The summed E-state index contributed by atoms with van der Waals surface area (Å²) < 4.78 is 535. The van der Waals surface area contributed by atoms with Gasteiger partial charge in [0.25, 0.3) is 0 Å². The van der Waals surface area contributed by atoms with E-state index in [2.05, 4.69) is 0 Å². The van der Waals surface area contributed by atoms with Crippen molar-refractivity contribution in [3.05, 3.63) is 322 Å². The summed E-state index contributed by atoms with van der Waals surface area (Å²) in [6.45, 7) is 4.10. The van der Waals surface area contributed by atoms with Gasteiger partial charge < -0.3 is 116 Å². The summed E-state index contributed by atoms with van der Waals surface area (Å²) in [6.07, 6.45) is -65.4. The summed E-state index contributed by atoms with van der Waals surface area (Å²) in [6, 6.07) is 61.5. The zero-order chi connectivity index (χ0) is 158. The first kappa shape index (κ1) is 63.8. The van der Waals surface area contributed by atoms with Crippen molar-refractivity contribution in [2.24, 2.45) is 0 Å². The molecule has 0 spiro atoms. The van der Waals surface area contributed by atoms with Crippen molar-refractivity contribution in [3.63, 3.8) is 0 Å². The van der Waals surface area contributed by atoms with Gasteiger partial charge in [0.2, 0.25) is 0 Å². The van der Waals surface area contributed by atoms with Gasteiger partial charge in [-0.1, -0.05) is 148 Å². The van der Waals surface area contributed by atoms with Crippen molar-refractivity contribution in [2.45, 2.75) is 231 Å². The number of benzene rings is 12. The maximum atomic E-state index is 10.5. The molecule has 12 rings (SSSR count). The average Bonchev–Trinajstić information content (AvgIpc) is 0.760. The molecule has 0 radical (unpaired) electrons. The Kier molecular flexibility index (Phi) is 30.7. The van der Waals surface area contributed by atoms with E-state index in [-0.39, 0.29) is 74.9 Å². The molecule has 0 aliphatic carbocycles. The summed E-state index contributed by atoms with van der Waals surface area (Å²) in [5, 5.41) is 62.8. The van der Waals surface area contributed by atoms with E-state index in [1.807, 2.05) is 44.2 Å². The molecule has 816 valence electrons. The molecule has 0 aliphatic heterocycles. The quantitative estimate of drug-likeness (QED) is 0.0193. The SMILES string of the molecule is [2H]C(O)(CCCCc1ccc(OC)c(OC)c1)C([2H])([2H])Oc1cccc(C)c1.[2H]C([2H])(CC([2H])([2H])C([2H])([2H])c1ccc(OC)c(OC)c1)C([2H])(O)COc1cccc(C)c1.[2H]C([2H])([2H])Oc1cc(C([2H])([2H])C([2H])([2H])CC([2H])([2H])C([2H])(O)COc2cccc(C)c2)ccc1OC.[2H]C([2H])([2H])Oc1ccc(C([2H])([2H])C([2H])([2H])CC([2H])([2H])C([2H])(O)COc2cccc(C)c2)cc1OC.[2H]C([2H])([2H])Oc1ccc(C([2H])([2H])C([2H])([2H])CC([2H])([2H])C([2H])(O)COc2cccc(C)c2)cc1OC([2H])([2H])[2H].[2H]C([2H])([2H])Oc1ccc(C([2H])([2H])C([2H])([2H])CC([2H])([2H])C([2H])(O)COc2cccc(C)c2)cc1OC([2H])([2H])[2H]. The van der Waals surface area contributed by atoms with E-state index in [1.165, 1.54) is 64.8 Å². The second kappa shape index (κ2) is 72.3. The Morgan fingerprint density at radius 3 is 0.640 bits per heavy atom. The zero-order valence-electron chi connectivity index (χ0n) is 141. The highest BCUT2D eigenvalue weighted by Crippen LogP contribution is 2.36. The molecular weight excluding hydrogens is 1900 g/mol. The van der Waals surface area contributed by atoms with Crippen LogP contribution in [0.1, 0.15) is 259 Å². The van der Waals surface area contributed by atoms with Crippen molar-refractivity contribution in [1.82, 2.24) is 0 Å². The summed E-state index contributed by atoms with van der Waals surface area (Å²) in [5.41, 5.74) is 4.35. The van der Waals surface area contributed by atoms with Crippen LogP contribution in [0.4, 0.5) is 0 Å². The molecule has 0 bridgehead atoms. The van der Waals surface area contributed by atoms with Crippen molar-refractivity contribution in [1.29, 1.82) is 0 Å². The summed E-state index contributed by atoms with van der Waals surface area (Å²) in [5.74, 6) is 0.226. The smallest absolute Gasteiger partial charge is 0.160 e. The van der Waals surface area contributed by atoms with Crippen molar-refractivity contribution in [2.75, 3.05) is 124 Å². The van der Waals surface area contributed by atoms with Gasteiger partial charge in [0.05, 0.1) is 157 Å². The van der Waals surface area contributed by atoms with Gasteiger partial charge in [-0.25, -0.2) is 0 Å². The highest BCUT2D eigenvalue weighted by Gasteiger charge is 2.18. The first-order valence-electron chi connectivity index (χ1n) is 74.2. The molecule has 0 saturated carbocycles. The molecule has 0 saturated heterocycles. The predicted octanol–water partition coefficient (Wildman–Crippen LogP) is 25.0. The van der Waals surface area contributed by atoms with Gasteiger partial charge in [0.1, 0.15) is 74.1 Å². The van der Waals surface area contributed by atoms with E-state index in [4.69, 9.17) is 162 Å². The van der Waals surface area contributed by atoms with Crippen LogP contribution in [0.3, 0.4) is 0 Å². The van der Waals surface area contributed by atoms with Gasteiger partial charge in [-0.2, -0.15) is 0 Å². The summed E-state index contributed by atoms with van der Waals surface area (Å²) in [4.78, 5) is 0. The first-order chi connectivity index (χ1) is 93.4. The second-order valence-corrected chi connectivity index (χ2v) is 31.6. The number of aliphatic hydroxyl groups is 6. The maximum Gasteiger partial charge on any atom is 0.160 e. The monoisotopic (exact) mass is 2120 g/mol. The third-order valence-electron chi connectivity index (χ3n) is 20.0. The van der Waals surface area contributed by atoms with Crippen LogP contribution in [0, 0.1) is 41.5 Å². The molecule has 6 N–H and O–H groups in total. The van der Waals surface area contributed by atoms with E-state index >= 15 is 0 Å². The molecule has 6 atom stereocenters. The Labute approximate surface area is 971 Å². The molecular formula is C126H168O24. The topological polar surface area (TPSA) is 288 Å². The fourth-order valence-electron chi connectivity index (χ4n) is 12.6. The lowest BCUT2D eigenvalue weighted by molar-refractivity contribution is 0.0976. The van der Waals surface area contributed by atoms with Gasteiger partial charge in [-0.15, -0.1) is 0 Å². The lowest BCUT2D eigenvalue weighted by Gasteiger charge is -2.13. The van der Waals surface area contributed by atoms with Crippen LogP contribution in [-0.4, -0.2) is 192 Å². The molecule has 24 heteroatoms. The molecule has 0 aromatic heterocycles. The number of hydrogen-bond acceptors (Lipinski definition) is 24. The maximum absolute atomic E-state index is 10.5. The van der Waals surface area contributed by atoms with Crippen molar-refractivity contribution >= 4 is 0 Å². The number of rotatable bonds is 60. The Morgan fingerprint density at radius 1 is 0.220 bits per heavy atom. The van der Waals surface area contributed by atoms with Gasteiger partial charge in [0, 0.05) is 41.1 Å². The number of methoxy groups -OCH3 is 12. The van der Waals surface area contributed by atoms with Gasteiger partial charge in [0.15, 0.2) is 69.0 Å². The minimum absolute atomic E-state index is 0.0228. The number of aryl methyl sites for hydroxylation is 12. The van der Waals surface area contributed by atoms with E-state index < -0.39 is 280 Å². The van der Waals surface area contributed by atoms with E-state index in [0.717, 1.165) is 112 Å². The Bertz CT molecular complexity index is 8270. The highest BCUT2D eigenvalue weighted by atomic mass is 16.5. The number of unbranched alkanes of at least 4 members (excludes halogenated alkanes) is 1. The second-order valence-electron chi connectivity index (χ2n) is 31.6. The van der Waals surface area contributed by atoms with Crippen LogP contribution in [0.5, 0.6) is 103 Å². The summed E-state index contributed by atoms with van der Waals surface area (Å²) >= 11 is 0. The zero-order valence-corrected chi connectivity index (χ0v) is 85.2. The summed E-state index contributed by atoms with van der Waals surface area (Å²) in [7, 11) is -9.48. The average molecular weight is 2120 g/mol. The molecule has 0 fully saturated rings. The third kappa shape index (κ3) is 49.5. The third-order valence-corrected chi connectivity index (χ3v) is 20.0. The van der Waals surface area contributed by atoms with Crippen LogP contribution < -0.4 is 85.3 Å². The van der Waals surface area contributed by atoms with E-state index in [9.17, 15) is 30.6 Å². The van der Waals surface area contributed by atoms with E-state index in [0.29, 0.717) is 41.6 Å². The van der Waals surface area contributed by atoms with Crippen LogP contribution in [0.25, 0.3) is 0 Å². The lowest BCUT2D eigenvalue weighted by Crippen LogP contribution is -2.17. The van der Waals surface area contributed by atoms with Gasteiger partial charge in [-0.05, 0) is 369 Å².